The van der Waals surface area contributed by atoms with Crippen molar-refractivity contribution in [3.05, 3.63) is 76.8 Å². The zero-order valence-corrected chi connectivity index (χ0v) is 17.7. The molecular weight excluding hydrogens is 377 g/mol. The van der Waals surface area contributed by atoms with E-state index in [1.807, 2.05) is 24.3 Å². The highest BCUT2D eigenvalue weighted by molar-refractivity contribution is 6.30. The van der Waals surface area contributed by atoms with E-state index in [0.717, 1.165) is 29.3 Å². The van der Waals surface area contributed by atoms with E-state index in [1.165, 1.54) is 16.3 Å². The summed E-state index contributed by atoms with van der Waals surface area (Å²) in [6, 6.07) is 20.5. The van der Waals surface area contributed by atoms with E-state index >= 15 is 0 Å². The molecular formula is C23H27Cl2NO. The van der Waals surface area contributed by atoms with Crippen molar-refractivity contribution < 1.29 is 4.74 Å². The molecule has 0 saturated carbocycles. The first-order valence-electron chi connectivity index (χ1n) is 9.11. The lowest BCUT2D eigenvalue weighted by Gasteiger charge is -2.26. The zero-order chi connectivity index (χ0) is 18.6. The van der Waals surface area contributed by atoms with Crippen LogP contribution >= 0.6 is 24.0 Å². The summed E-state index contributed by atoms with van der Waals surface area (Å²) in [5.74, 6) is 0.929. The minimum absolute atomic E-state index is 0. The van der Waals surface area contributed by atoms with Crippen LogP contribution in [-0.4, -0.2) is 5.54 Å². The van der Waals surface area contributed by atoms with E-state index in [1.54, 1.807) is 0 Å². The lowest BCUT2D eigenvalue weighted by atomic mass is 9.99. The first-order chi connectivity index (χ1) is 12.5. The minimum atomic E-state index is 0. The molecule has 144 valence electrons. The van der Waals surface area contributed by atoms with E-state index < -0.39 is 0 Å². The largest absolute Gasteiger partial charge is 0.489 e. The predicted molar refractivity (Wildman–Crippen MR) is 118 cm³/mol. The van der Waals surface area contributed by atoms with Crippen molar-refractivity contribution in [1.82, 2.24) is 5.32 Å². The number of halogens is 2. The number of ether oxygens (including phenoxy) is 1. The summed E-state index contributed by atoms with van der Waals surface area (Å²) in [4.78, 5) is 0. The number of fused-ring (bicyclic) bond motifs is 1. The Morgan fingerprint density at radius 3 is 2.37 bits per heavy atom. The fourth-order valence-corrected chi connectivity index (χ4v) is 2.95. The van der Waals surface area contributed by atoms with Crippen molar-refractivity contribution in [3.8, 4) is 5.75 Å². The summed E-state index contributed by atoms with van der Waals surface area (Å²) < 4.78 is 6.19. The Kier molecular flexibility index (Phi) is 7.55. The number of rotatable bonds is 7. The van der Waals surface area contributed by atoms with E-state index in [2.05, 4.69) is 62.5 Å². The van der Waals surface area contributed by atoms with E-state index in [9.17, 15) is 0 Å². The van der Waals surface area contributed by atoms with Crippen molar-refractivity contribution >= 4 is 34.8 Å². The van der Waals surface area contributed by atoms with E-state index in [-0.39, 0.29) is 17.9 Å². The van der Waals surface area contributed by atoms with Gasteiger partial charge in [-0.1, -0.05) is 61.0 Å². The van der Waals surface area contributed by atoms with Gasteiger partial charge in [0.25, 0.3) is 0 Å². The van der Waals surface area contributed by atoms with Gasteiger partial charge in [0.1, 0.15) is 12.4 Å². The number of hydrogen-bond acceptors (Lipinski definition) is 2. The third-order valence-electron chi connectivity index (χ3n) is 4.93. The Labute approximate surface area is 173 Å². The zero-order valence-electron chi connectivity index (χ0n) is 16.1. The molecule has 27 heavy (non-hydrogen) atoms. The quantitative estimate of drug-likeness (QED) is 0.469. The van der Waals surface area contributed by atoms with Crippen molar-refractivity contribution in [2.24, 2.45) is 0 Å². The second kappa shape index (κ2) is 9.45. The van der Waals surface area contributed by atoms with Crippen LogP contribution in [-0.2, 0) is 13.2 Å². The Hall–Kier alpha value is -1.74. The van der Waals surface area contributed by atoms with Gasteiger partial charge in [-0.15, -0.1) is 12.4 Å². The maximum Gasteiger partial charge on any atom is 0.124 e. The first-order valence-corrected chi connectivity index (χ1v) is 9.49. The molecule has 3 aromatic carbocycles. The molecule has 0 spiro atoms. The summed E-state index contributed by atoms with van der Waals surface area (Å²) in [7, 11) is 0. The molecule has 2 nitrogen and oxygen atoms in total. The molecule has 3 rings (SSSR count). The highest BCUT2D eigenvalue weighted by Gasteiger charge is 2.16. The first kappa shape index (κ1) is 21.6. The predicted octanol–water partition coefficient (Wildman–Crippen LogP) is 6.77. The highest BCUT2D eigenvalue weighted by Crippen LogP contribution is 2.29. The smallest absolute Gasteiger partial charge is 0.124 e. The van der Waals surface area contributed by atoms with Crippen molar-refractivity contribution in [3.63, 3.8) is 0 Å². The maximum atomic E-state index is 6.19. The number of nitrogens with one attached hydrogen (secondary N) is 1. The van der Waals surface area contributed by atoms with Gasteiger partial charge < -0.3 is 10.1 Å². The number of benzene rings is 3. The average molecular weight is 404 g/mol. The summed E-state index contributed by atoms with van der Waals surface area (Å²) in [6.45, 7) is 7.96. The second-order valence-electron chi connectivity index (χ2n) is 7.27. The molecule has 0 bridgehead atoms. The molecule has 3 aromatic rings. The normalized spacial score (nSPS) is 11.3. The SMILES string of the molecule is CCC(C)(C)NCc1c(OCc2ccc(Cl)cc2)ccc2ccccc12.Cl. The van der Waals surface area contributed by atoms with Crippen LogP contribution in [0, 0.1) is 0 Å². The Bertz CT molecular complexity index is 875. The van der Waals surface area contributed by atoms with Gasteiger partial charge >= 0.3 is 0 Å². The Morgan fingerprint density at radius 2 is 1.67 bits per heavy atom. The van der Waals surface area contributed by atoms with Crippen molar-refractivity contribution in [2.45, 2.75) is 45.9 Å². The topological polar surface area (TPSA) is 21.3 Å². The molecule has 0 aliphatic rings. The lowest BCUT2D eigenvalue weighted by Crippen LogP contribution is -2.37. The fraction of sp³-hybridized carbons (Fsp3) is 0.304. The molecule has 0 amide bonds. The summed E-state index contributed by atoms with van der Waals surface area (Å²) >= 11 is 5.97. The Morgan fingerprint density at radius 1 is 0.963 bits per heavy atom. The second-order valence-corrected chi connectivity index (χ2v) is 7.71. The molecule has 4 heteroatoms. The average Bonchev–Trinajstić information content (AvgIpc) is 2.66. The third-order valence-corrected chi connectivity index (χ3v) is 5.18. The van der Waals surface area contributed by atoms with Gasteiger partial charge in [-0.2, -0.15) is 0 Å². The summed E-state index contributed by atoms with van der Waals surface area (Å²) in [5, 5.41) is 6.88. The van der Waals surface area contributed by atoms with Gasteiger partial charge in [0, 0.05) is 22.7 Å². The van der Waals surface area contributed by atoms with Crippen LogP contribution in [0.3, 0.4) is 0 Å². The molecule has 0 unspecified atom stereocenters. The molecule has 1 N–H and O–H groups in total. The minimum Gasteiger partial charge on any atom is -0.489 e. The van der Waals surface area contributed by atoms with Crippen LogP contribution in [0.4, 0.5) is 0 Å². The van der Waals surface area contributed by atoms with E-state index in [0.29, 0.717) is 6.61 Å². The molecule has 0 heterocycles. The molecule has 0 atom stereocenters. The monoisotopic (exact) mass is 403 g/mol. The Balaban J connectivity index is 0.00000261. The molecule has 0 saturated heterocycles. The van der Waals surface area contributed by atoms with Crippen LogP contribution in [0.25, 0.3) is 10.8 Å². The van der Waals surface area contributed by atoms with Gasteiger partial charge in [0.15, 0.2) is 0 Å². The third kappa shape index (κ3) is 5.62. The van der Waals surface area contributed by atoms with Crippen LogP contribution in [0.5, 0.6) is 5.75 Å². The fourth-order valence-electron chi connectivity index (χ4n) is 2.83. The molecule has 0 radical (unpaired) electrons. The van der Waals surface area contributed by atoms with Gasteiger partial charge in [0.2, 0.25) is 0 Å². The standard InChI is InChI=1S/C23H26ClNO.ClH/c1-4-23(2,3)25-15-21-20-8-6-5-7-18(20)11-14-22(21)26-16-17-9-12-19(24)13-10-17;/h5-14,25H,4,15-16H2,1-3H3;1H. The summed E-state index contributed by atoms with van der Waals surface area (Å²) in [5.41, 5.74) is 2.40. The lowest BCUT2D eigenvalue weighted by molar-refractivity contribution is 0.299. The maximum absolute atomic E-state index is 6.19. The molecule has 0 aliphatic heterocycles. The van der Waals surface area contributed by atoms with Gasteiger partial charge in [0.05, 0.1) is 0 Å². The van der Waals surface area contributed by atoms with Crippen LogP contribution in [0.15, 0.2) is 60.7 Å². The molecule has 0 aliphatic carbocycles. The van der Waals surface area contributed by atoms with Gasteiger partial charge in [-0.25, -0.2) is 0 Å². The van der Waals surface area contributed by atoms with Crippen LogP contribution < -0.4 is 10.1 Å². The molecule has 0 aromatic heterocycles. The molecule has 0 fully saturated rings. The number of hydrogen-bond donors (Lipinski definition) is 1. The summed E-state index contributed by atoms with van der Waals surface area (Å²) in [6.07, 6.45) is 1.07. The van der Waals surface area contributed by atoms with Crippen LogP contribution in [0.2, 0.25) is 5.02 Å². The van der Waals surface area contributed by atoms with Crippen molar-refractivity contribution in [1.29, 1.82) is 0 Å². The van der Waals surface area contributed by atoms with Crippen molar-refractivity contribution in [2.75, 3.05) is 0 Å². The highest BCUT2D eigenvalue weighted by atomic mass is 35.5. The van der Waals surface area contributed by atoms with E-state index in [4.69, 9.17) is 16.3 Å². The van der Waals surface area contributed by atoms with Gasteiger partial charge in [-0.05, 0) is 54.8 Å². The van der Waals surface area contributed by atoms with Gasteiger partial charge in [-0.3, -0.25) is 0 Å². The van der Waals surface area contributed by atoms with Crippen LogP contribution in [0.1, 0.15) is 38.3 Å².